The molecule has 1 atom stereocenters. The summed E-state index contributed by atoms with van der Waals surface area (Å²) in [5.41, 5.74) is 0.505. The number of carbonyl (C=O) groups is 2. The molecule has 6 heteroatoms. The van der Waals surface area contributed by atoms with E-state index in [1.165, 1.54) is 24.3 Å². The molecule has 1 aromatic carbocycles. The Morgan fingerprint density at radius 1 is 1.37 bits per heavy atom. The van der Waals surface area contributed by atoms with Gasteiger partial charge in [0.05, 0.1) is 12.5 Å². The van der Waals surface area contributed by atoms with Crippen LogP contribution < -0.4 is 5.32 Å². The Kier molecular flexibility index (Phi) is 5.44. The average molecular weight is 268 g/mol. The molecule has 0 aliphatic carbocycles. The standard InChI is InChI=1S/C13H17FN2O3/c1-9(16(2)8-7-12(17)18)13(19)15-11-5-3-10(14)4-6-11/h3-6,9H,7-8H2,1-2H3,(H,15,19)(H,17,18). The normalized spacial score (nSPS) is 12.2. The topological polar surface area (TPSA) is 69.6 Å². The lowest BCUT2D eigenvalue weighted by atomic mass is 10.2. The lowest BCUT2D eigenvalue weighted by Gasteiger charge is -2.23. The van der Waals surface area contributed by atoms with Gasteiger partial charge < -0.3 is 10.4 Å². The molecule has 0 fully saturated rings. The van der Waals surface area contributed by atoms with E-state index in [4.69, 9.17) is 5.11 Å². The maximum atomic E-state index is 12.7. The molecule has 0 spiro atoms. The molecule has 2 N–H and O–H groups in total. The SMILES string of the molecule is CC(C(=O)Nc1ccc(F)cc1)N(C)CCC(=O)O. The van der Waals surface area contributed by atoms with Crippen LogP contribution >= 0.6 is 0 Å². The molecule has 1 unspecified atom stereocenters. The second-order valence-corrected chi connectivity index (χ2v) is 4.30. The Hall–Kier alpha value is -1.95. The predicted molar refractivity (Wildman–Crippen MR) is 69.4 cm³/mol. The van der Waals surface area contributed by atoms with Gasteiger partial charge in [-0.3, -0.25) is 14.5 Å². The zero-order valence-electron chi connectivity index (χ0n) is 10.9. The highest BCUT2D eigenvalue weighted by molar-refractivity contribution is 5.94. The summed E-state index contributed by atoms with van der Waals surface area (Å²) < 4.78 is 12.7. The van der Waals surface area contributed by atoms with Gasteiger partial charge in [-0.15, -0.1) is 0 Å². The molecule has 0 radical (unpaired) electrons. The van der Waals surface area contributed by atoms with Crippen molar-refractivity contribution in [2.45, 2.75) is 19.4 Å². The maximum absolute atomic E-state index is 12.7. The van der Waals surface area contributed by atoms with Gasteiger partial charge in [-0.1, -0.05) is 0 Å². The summed E-state index contributed by atoms with van der Waals surface area (Å²) in [6.07, 6.45) is -0.0231. The number of benzene rings is 1. The van der Waals surface area contributed by atoms with Crippen LogP contribution in [0.25, 0.3) is 0 Å². The molecule has 1 aromatic rings. The van der Waals surface area contributed by atoms with Gasteiger partial charge in [-0.25, -0.2) is 4.39 Å². The first-order valence-electron chi connectivity index (χ1n) is 5.88. The monoisotopic (exact) mass is 268 g/mol. The van der Waals surface area contributed by atoms with Gasteiger partial charge in [-0.2, -0.15) is 0 Å². The maximum Gasteiger partial charge on any atom is 0.304 e. The quantitative estimate of drug-likeness (QED) is 0.821. The van der Waals surface area contributed by atoms with Crippen LogP contribution in [0.15, 0.2) is 24.3 Å². The van der Waals surface area contributed by atoms with Crippen molar-refractivity contribution >= 4 is 17.6 Å². The average Bonchev–Trinajstić information content (AvgIpc) is 2.37. The Bertz CT molecular complexity index is 448. The summed E-state index contributed by atoms with van der Waals surface area (Å²) >= 11 is 0. The number of aliphatic carboxylic acids is 1. The number of anilines is 1. The fraction of sp³-hybridized carbons (Fsp3) is 0.385. The number of amides is 1. The second-order valence-electron chi connectivity index (χ2n) is 4.30. The first-order valence-corrected chi connectivity index (χ1v) is 5.88. The number of nitrogens with one attached hydrogen (secondary N) is 1. The zero-order valence-corrected chi connectivity index (χ0v) is 10.9. The summed E-state index contributed by atoms with van der Waals surface area (Å²) in [5, 5.41) is 11.2. The lowest BCUT2D eigenvalue weighted by Crippen LogP contribution is -2.40. The summed E-state index contributed by atoms with van der Waals surface area (Å²) in [7, 11) is 1.68. The Balaban J connectivity index is 2.52. The van der Waals surface area contributed by atoms with E-state index < -0.39 is 12.0 Å². The van der Waals surface area contributed by atoms with Crippen molar-refractivity contribution in [2.75, 3.05) is 18.9 Å². The van der Waals surface area contributed by atoms with Crippen LogP contribution in [-0.4, -0.2) is 41.5 Å². The second kappa shape index (κ2) is 6.84. The fourth-order valence-corrected chi connectivity index (χ4v) is 1.45. The minimum atomic E-state index is -0.905. The number of halogens is 1. The van der Waals surface area contributed by atoms with E-state index in [1.54, 1.807) is 18.9 Å². The van der Waals surface area contributed by atoms with E-state index in [0.29, 0.717) is 5.69 Å². The first-order chi connectivity index (χ1) is 8.90. The molecule has 0 aliphatic heterocycles. The highest BCUT2D eigenvalue weighted by Gasteiger charge is 2.18. The van der Waals surface area contributed by atoms with Crippen molar-refractivity contribution in [3.05, 3.63) is 30.1 Å². The molecule has 104 valence electrons. The number of rotatable bonds is 6. The summed E-state index contributed by atoms with van der Waals surface area (Å²) in [6.45, 7) is 1.97. The van der Waals surface area contributed by atoms with Crippen LogP contribution in [0, 0.1) is 5.82 Å². The van der Waals surface area contributed by atoms with E-state index in [0.717, 1.165) is 0 Å². The van der Waals surface area contributed by atoms with Crippen molar-refractivity contribution in [1.29, 1.82) is 0 Å². The molecule has 0 saturated carbocycles. The predicted octanol–water partition coefficient (Wildman–Crippen LogP) is 1.56. The molecular formula is C13H17FN2O3. The molecule has 1 rings (SSSR count). The van der Waals surface area contributed by atoms with Crippen molar-refractivity contribution in [3.63, 3.8) is 0 Å². The fourth-order valence-electron chi connectivity index (χ4n) is 1.45. The van der Waals surface area contributed by atoms with Gasteiger partial charge in [0, 0.05) is 12.2 Å². The molecule has 1 amide bonds. The van der Waals surface area contributed by atoms with E-state index in [1.807, 2.05) is 0 Å². The van der Waals surface area contributed by atoms with E-state index >= 15 is 0 Å². The number of hydrogen-bond donors (Lipinski definition) is 2. The van der Waals surface area contributed by atoms with E-state index in [-0.39, 0.29) is 24.7 Å². The number of carboxylic acid groups (broad SMARTS) is 1. The molecule has 0 aromatic heterocycles. The van der Waals surface area contributed by atoms with Crippen molar-refractivity contribution in [1.82, 2.24) is 4.90 Å². The summed E-state index contributed by atoms with van der Waals surface area (Å²) in [5.74, 6) is -1.54. The highest BCUT2D eigenvalue weighted by atomic mass is 19.1. The van der Waals surface area contributed by atoms with Crippen molar-refractivity contribution < 1.29 is 19.1 Å². The molecule has 19 heavy (non-hydrogen) atoms. The Labute approximate surface area is 111 Å². The van der Waals surface area contributed by atoms with Crippen molar-refractivity contribution in [2.24, 2.45) is 0 Å². The molecular weight excluding hydrogens is 251 g/mol. The third-order valence-corrected chi connectivity index (χ3v) is 2.83. The number of likely N-dealkylation sites (N-methyl/N-ethyl adjacent to an activating group) is 1. The third-order valence-electron chi connectivity index (χ3n) is 2.83. The van der Waals surface area contributed by atoms with Crippen LogP contribution in [0.5, 0.6) is 0 Å². The van der Waals surface area contributed by atoms with E-state index in [2.05, 4.69) is 5.32 Å². The van der Waals surface area contributed by atoms with Gasteiger partial charge in [0.1, 0.15) is 5.82 Å². The largest absolute Gasteiger partial charge is 0.481 e. The Morgan fingerprint density at radius 3 is 2.47 bits per heavy atom. The van der Waals surface area contributed by atoms with Crippen LogP contribution in [0.4, 0.5) is 10.1 Å². The summed E-state index contributed by atoms with van der Waals surface area (Å²) in [6, 6.07) is 4.99. The first kappa shape index (κ1) is 15.1. The van der Waals surface area contributed by atoms with Gasteiger partial charge in [0.15, 0.2) is 0 Å². The smallest absolute Gasteiger partial charge is 0.304 e. The zero-order chi connectivity index (χ0) is 14.4. The van der Waals surface area contributed by atoms with E-state index in [9.17, 15) is 14.0 Å². The minimum Gasteiger partial charge on any atom is -0.481 e. The molecule has 0 saturated heterocycles. The van der Waals surface area contributed by atoms with Gasteiger partial charge in [0.2, 0.25) is 5.91 Å². The summed E-state index contributed by atoms with van der Waals surface area (Å²) in [4.78, 5) is 24.0. The lowest BCUT2D eigenvalue weighted by molar-refractivity contribution is -0.137. The van der Waals surface area contributed by atoms with Crippen LogP contribution in [0.1, 0.15) is 13.3 Å². The van der Waals surface area contributed by atoms with Crippen LogP contribution in [0.3, 0.4) is 0 Å². The number of nitrogens with zero attached hydrogens (tertiary/aromatic N) is 1. The number of hydrogen-bond acceptors (Lipinski definition) is 3. The number of carboxylic acids is 1. The van der Waals surface area contributed by atoms with Gasteiger partial charge in [-0.05, 0) is 38.2 Å². The third kappa shape index (κ3) is 5.05. The van der Waals surface area contributed by atoms with Gasteiger partial charge >= 0.3 is 5.97 Å². The van der Waals surface area contributed by atoms with Crippen LogP contribution in [0.2, 0.25) is 0 Å². The molecule has 5 nitrogen and oxygen atoms in total. The number of carbonyl (C=O) groups excluding carboxylic acids is 1. The minimum absolute atomic E-state index is 0.0231. The van der Waals surface area contributed by atoms with Crippen molar-refractivity contribution in [3.8, 4) is 0 Å². The molecule has 0 heterocycles. The van der Waals surface area contributed by atoms with Gasteiger partial charge in [0.25, 0.3) is 0 Å². The molecule has 0 bridgehead atoms. The highest BCUT2D eigenvalue weighted by Crippen LogP contribution is 2.09. The molecule has 0 aliphatic rings. The van der Waals surface area contributed by atoms with Crippen LogP contribution in [-0.2, 0) is 9.59 Å². The Morgan fingerprint density at radius 2 is 1.95 bits per heavy atom.